The zero-order valence-corrected chi connectivity index (χ0v) is 13.3. The summed E-state index contributed by atoms with van der Waals surface area (Å²) in [6.07, 6.45) is 3.46. The van der Waals surface area contributed by atoms with Gasteiger partial charge in [-0.1, -0.05) is 24.3 Å². The molecule has 0 saturated heterocycles. The Hall–Kier alpha value is -2.46. The highest BCUT2D eigenvalue weighted by Gasteiger charge is 2.17. The van der Waals surface area contributed by atoms with E-state index in [1.165, 1.54) is 0 Å². The maximum absolute atomic E-state index is 12.5. The first-order valence-corrected chi connectivity index (χ1v) is 7.97. The van der Waals surface area contributed by atoms with Crippen LogP contribution in [-0.4, -0.2) is 15.6 Å². The Morgan fingerprint density at radius 2 is 1.95 bits per heavy atom. The fraction of sp³-hybridized carbons (Fsp3) is 0.111. The van der Waals surface area contributed by atoms with Crippen LogP contribution in [0.15, 0.2) is 53.2 Å². The van der Waals surface area contributed by atoms with Gasteiger partial charge in [0.2, 0.25) is 0 Å². The molecule has 4 heteroatoms. The third-order valence-electron chi connectivity index (χ3n) is 3.51. The highest BCUT2D eigenvalue weighted by molar-refractivity contribution is 7.08. The molecule has 0 spiro atoms. The van der Waals surface area contributed by atoms with E-state index in [9.17, 15) is 4.79 Å². The molecule has 0 amide bonds. The normalized spacial score (nSPS) is 11.2. The molecule has 2 heterocycles. The fourth-order valence-corrected chi connectivity index (χ4v) is 3.07. The molecule has 0 unspecified atom stereocenters. The Morgan fingerprint density at radius 1 is 1.18 bits per heavy atom. The Kier molecular flexibility index (Phi) is 4.02. The van der Waals surface area contributed by atoms with Crippen molar-refractivity contribution < 1.29 is 4.79 Å². The van der Waals surface area contributed by atoms with Crippen molar-refractivity contribution in [3.8, 4) is 5.69 Å². The molecule has 3 aromatic rings. The molecule has 22 heavy (non-hydrogen) atoms. The van der Waals surface area contributed by atoms with E-state index in [1.807, 2.05) is 71.8 Å². The van der Waals surface area contributed by atoms with Crippen molar-refractivity contribution in [1.82, 2.24) is 9.78 Å². The van der Waals surface area contributed by atoms with E-state index in [0.29, 0.717) is 5.56 Å². The van der Waals surface area contributed by atoms with Crippen molar-refractivity contribution in [2.24, 2.45) is 0 Å². The molecule has 0 aliphatic rings. The van der Waals surface area contributed by atoms with Crippen molar-refractivity contribution >= 4 is 23.2 Å². The first-order chi connectivity index (χ1) is 10.7. The van der Waals surface area contributed by atoms with Crippen molar-refractivity contribution in [2.75, 3.05) is 0 Å². The van der Waals surface area contributed by atoms with Crippen LogP contribution in [0.3, 0.4) is 0 Å². The standard InChI is InChI=1S/C18H16N2OS/c1-13-18(17(21)9-8-15-10-11-22-12-15)14(2)20(19-13)16-6-4-3-5-7-16/h3-12H,1-2H3/b9-8+. The number of hydrogen-bond donors (Lipinski definition) is 0. The van der Waals surface area contributed by atoms with Gasteiger partial charge in [0.15, 0.2) is 5.78 Å². The maximum atomic E-state index is 12.5. The van der Waals surface area contributed by atoms with Crippen LogP contribution in [0, 0.1) is 13.8 Å². The predicted octanol–water partition coefficient (Wildman–Crippen LogP) is 4.45. The topological polar surface area (TPSA) is 34.9 Å². The molecule has 1 aromatic carbocycles. The predicted molar refractivity (Wildman–Crippen MR) is 90.7 cm³/mol. The summed E-state index contributed by atoms with van der Waals surface area (Å²) in [7, 11) is 0. The van der Waals surface area contributed by atoms with Crippen LogP contribution in [0.5, 0.6) is 0 Å². The molecule has 0 N–H and O–H groups in total. The van der Waals surface area contributed by atoms with Crippen LogP contribution in [0.1, 0.15) is 27.3 Å². The lowest BCUT2D eigenvalue weighted by molar-refractivity contribution is 0.104. The minimum Gasteiger partial charge on any atom is -0.289 e. The zero-order valence-electron chi connectivity index (χ0n) is 12.5. The van der Waals surface area contributed by atoms with E-state index in [1.54, 1.807) is 17.4 Å². The number of aryl methyl sites for hydroxylation is 1. The van der Waals surface area contributed by atoms with Gasteiger partial charge in [0.1, 0.15) is 0 Å². The average molecular weight is 308 g/mol. The van der Waals surface area contributed by atoms with Crippen LogP contribution < -0.4 is 0 Å². The molecule has 0 bridgehead atoms. The molecule has 110 valence electrons. The van der Waals surface area contributed by atoms with Gasteiger partial charge in [-0.3, -0.25) is 4.79 Å². The smallest absolute Gasteiger partial charge is 0.189 e. The average Bonchev–Trinajstić information content (AvgIpc) is 3.14. The second-order valence-corrected chi connectivity index (χ2v) is 5.83. The van der Waals surface area contributed by atoms with E-state index < -0.39 is 0 Å². The van der Waals surface area contributed by atoms with Crippen LogP contribution in [0.4, 0.5) is 0 Å². The molecule has 0 atom stereocenters. The van der Waals surface area contributed by atoms with Crippen molar-refractivity contribution in [3.05, 3.63) is 75.7 Å². The highest BCUT2D eigenvalue weighted by atomic mass is 32.1. The fourth-order valence-electron chi connectivity index (χ4n) is 2.44. The Balaban J connectivity index is 1.95. The Morgan fingerprint density at radius 3 is 2.64 bits per heavy atom. The lowest BCUT2D eigenvalue weighted by Gasteiger charge is -2.03. The lowest BCUT2D eigenvalue weighted by atomic mass is 10.1. The van der Waals surface area contributed by atoms with Crippen LogP contribution >= 0.6 is 11.3 Å². The van der Waals surface area contributed by atoms with E-state index in [0.717, 1.165) is 22.6 Å². The maximum Gasteiger partial charge on any atom is 0.189 e. The summed E-state index contributed by atoms with van der Waals surface area (Å²) in [5.74, 6) is -0.0108. The van der Waals surface area contributed by atoms with E-state index >= 15 is 0 Å². The summed E-state index contributed by atoms with van der Waals surface area (Å²) >= 11 is 1.62. The summed E-state index contributed by atoms with van der Waals surface area (Å²) < 4.78 is 1.82. The molecule has 0 aliphatic heterocycles. The summed E-state index contributed by atoms with van der Waals surface area (Å²) in [6.45, 7) is 3.80. The van der Waals surface area contributed by atoms with Crippen LogP contribution in [0.2, 0.25) is 0 Å². The van der Waals surface area contributed by atoms with Crippen LogP contribution in [0.25, 0.3) is 11.8 Å². The summed E-state index contributed by atoms with van der Waals surface area (Å²) in [5, 5.41) is 8.52. The molecule has 0 saturated carbocycles. The quantitative estimate of drug-likeness (QED) is 0.527. The molecule has 0 fully saturated rings. The zero-order chi connectivity index (χ0) is 15.5. The Labute approximate surface area is 133 Å². The number of benzene rings is 1. The minimum absolute atomic E-state index is 0.0108. The number of rotatable bonds is 4. The van der Waals surface area contributed by atoms with Gasteiger partial charge < -0.3 is 0 Å². The van der Waals surface area contributed by atoms with Gasteiger partial charge in [-0.25, -0.2) is 4.68 Å². The monoisotopic (exact) mass is 308 g/mol. The second-order valence-electron chi connectivity index (χ2n) is 5.05. The SMILES string of the molecule is Cc1nn(-c2ccccc2)c(C)c1C(=O)/C=C/c1ccsc1. The summed E-state index contributed by atoms with van der Waals surface area (Å²) in [6, 6.07) is 11.8. The number of carbonyl (C=O) groups excluding carboxylic acids is 1. The third kappa shape index (κ3) is 2.78. The molecular formula is C18H16N2OS. The first-order valence-electron chi connectivity index (χ1n) is 7.03. The number of allylic oxidation sites excluding steroid dienone is 1. The number of carbonyl (C=O) groups is 1. The summed E-state index contributed by atoms with van der Waals surface area (Å²) in [5.41, 5.74) is 4.30. The van der Waals surface area contributed by atoms with Gasteiger partial charge >= 0.3 is 0 Å². The lowest BCUT2D eigenvalue weighted by Crippen LogP contribution is -2.01. The number of nitrogens with zero attached hydrogens (tertiary/aromatic N) is 2. The van der Waals surface area contributed by atoms with Gasteiger partial charge in [-0.05, 0) is 54.4 Å². The van der Waals surface area contributed by atoms with Crippen LogP contribution in [-0.2, 0) is 0 Å². The Bertz CT molecular complexity index is 814. The number of aromatic nitrogens is 2. The van der Waals surface area contributed by atoms with Gasteiger partial charge in [0.25, 0.3) is 0 Å². The minimum atomic E-state index is -0.0108. The molecule has 3 rings (SSSR count). The molecule has 3 nitrogen and oxygen atoms in total. The van der Waals surface area contributed by atoms with Gasteiger partial charge in [0.05, 0.1) is 22.6 Å². The highest BCUT2D eigenvalue weighted by Crippen LogP contribution is 2.19. The van der Waals surface area contributed by atoms with Gasteiger partial charge in [-0.15, -0.1) is 0 Å². The summed E-state index contributed by atoms with van der Waals surface area (Å²) in [4.78, 5) is 12.5. The van der Waals surface area contributed by atoms with Crippen molar-refractivity contribution in [3.63, 3.8) is 0 Å². The molecule has 2 aromatic heterocycles. The number of para-hydroxylation sites is 1. The molecule has 0 radical (unpaired) electrons. The number of hydrogen-bond acceptors (Lipinski definition) is 3. The molecular weight excluding hydrogens is 292 g/mol. The number of thiophene rings is 1. The van der Waals surface area contributed by atoms with E-state index in [-0.39, 0.29) is 5.78 Å². The third-order valence-corrected chi connectivity index (χ3v) is 4.21. The van der Waals surface area contributed by atoms with Gasteiger partial charge in [-0.2, -0.15) is 16.4 Å². The van der Waals surface area contributed by atoms with Crippen molar-refractivity contribution in [2.45, 2.75) is 13.8 Å². The van der Waals surface area contributed by atoms with Gasteiger partial charge in [0, 0.05) is 0 Å². The second kappa shape index (κ2) is 6.12. The van der Waals surface area contributed by atoms with Crippen molar-refractivity contribution in [1.29, 1.82) is 0 Å². The number of ketones is 1. The molecule has 0 aliphatic carbocycles. The van der Waals surface area contributed by atoms with E-state index in [4.69, 9.17) is 0 Å². The van der Waals surface area contributed by atoms with E-state index in [2.05, 4.69) is 5.10 Å². The first kappa shape index (κ1) is 14.5. The largest absolute Gasteiger partial charge is 0.289 e.